The van der Waals surface area contributed by atoms with Crippen LogP contribution in [0.2, 0.25) is 5.02 Å². The minimum atomic E-state index is 0.0751. The Labute approximate surface area is 129 Å². The van der Waals surface area contributed by atoms with E-state index in [9.17, 15) is 4.79 Å². The summed E-state index contributed by atoms with van der Waals surface area (Å²) >= 11 is 5.83. The molecule has 0 atom stereocenters. The zero-order chi connectivity index (χ0) is 15.1. The molecule has 0 aliphatic carbocycles. The van der Waals surface area contributed by atoms with Gasteiger partial charge in [0, 0.05) is 31.5 Å². The zero-order valence-electron chi connectivity index (χ0n) is 12.1. The van der Waals surface area contributed by atoms with Gasteiger partial charge in [-0.2, -0.15) is 5.10 Å². The van der Waals surface area contributed by atoms with E-state index in [0.29, 0.717) is 19.4 Å². The molecule has 0 bridgehead atoms. The quantitative estimate of drug-likeness (QED) is 0.852. The van der Waals surface area contributed by atoms with E-state index in [1.54, 1.807) is 4.68 Å². The topological polar surface area (TPSA) is 59.8 Å². The predicted molar refractivity (Wildman–Crippen MR) is 82.1 cm³/mol. The summed E-state index contributed by atoms with van der Waals surface area (Å²) in [5, 5.41) is 7.63. The maximum atomic E-state index is 11.7. The van der Waals surface area contributed by atoms with Gasteiger partial charge in [0.15, 0.2) is 0 Å². The Kier molecular flexibility index (Phi) is 5.75. The molecule has 6 heteroatoms. The maximum absolute atomic E-state index is 11.7. The normalized spacial score (nSPS) is 10.6. The van der Waals surface area contributed by atoms with Gasteiger partial charge in [-0.1, -0.05) is 23.7 Å². The molecule has 0 saturated heterocycles. The van der Waals surface area contributed by atoms with Crippen LogP contribution < -0.4 is 5.32 Å². The first-order valence-corrected chi connectivity index (χ1v) is 7.37. The van der Waals surface area contributed by atoms with Crippen molar-refractivity contribution in [3.8, 4) is 0 Å². The molecular weight excluding hydrogens is 288 g/mol. The molecule has 1 N–H and O–H groups in total. The van der Waals surface area contributed by atoms with Crippen LogP contribution in [0.3, 0.4) is 0 Å². The van der Waals surface area contributed by atoms with Crippen LogP contribution in [0.1, 0.15) is 24.2 Å². The van der Waals surface area contributed by atoms with Gasteiger partial charge in [-0.05, 0) is 30.5 Å². The van der Waals surface area contributed by atoms with Crippen molar-refractivity contribution >= 4 is 17.5 Å². The fourth-order valence-electron chi connectivity index (χ4n) is 2.05. The fraction of sp³-hybridized carbons (Fsp3) is 0.400. The van der Waals surface area contributed by atoms with Gasteiger partial charge < -0.3 is 5.32 Å². The molecule has 0 radical (unpaired) electrons. The fourth-order valence-corrected chi connectivity index (χ4v) is 2.18. The lowest BCUT2D eigenvalue weighted by Gasteiger charge is -2.05. The molecule has 2 rings (SSSR count). The third kappa shape index (κ3) is 5.19. The molecular formula is C15H19ClN4O. The number of amides is 1. The SMILES string of the molecule is Cn1ncnc1CCNC(=O)CCCc1ccc(Cl)cc1. The van der Waals surface area contributed by atoms with E-state index < -0.39 is 0 Å². The van der Waals surface area contributed by atoms with Crippen molar-refractivity contribution in [1.29, 1.82) is 0 Å². The van der Waals surface area contributed by atoms with Crippen molar-refractivity contribution in [3.63, 3.8) is 0 Å². The first-order valence-electron chi connectivity index (χ1n) is 6.99. The zero-order valence-corrected chi connectivity index (χ0v) is 12.8. The molecule has 1 amide bonds. The van der Waals surface area contributed by atoms with Crippen LogP contribution in [0.5, 0.6) is 0 Å². The number of hydrogen-bond acceptors (Lipinski definition) is 3. The van der Waals surface area contributed by atoms with E-state index in [4.69, 9.17) is 11.6 Å². The standard InChI is InChI=1S/C15H19ClN4O/c1-20-14(18-11-19-20)9-10-17-15(21)4-2-3-12-5-7-13(16)8-6-12/h5-8,11H,2-4,9-10H2,1H3,(H,17,21). The molecule has 0 fully saturated rings. The summed E-state index contributed by atoms with van der Waals surface area (Å²) in [7, 11) is 1.84. The highest BCUT2D eigenvalue weighted by Gasteiger charge is 2.04. The van der Waals surface area contributed by atoms with Crippen LogP contribution >= 0.6 is 11.6 Å². The van der Waals surface area contributed by atoms with E-state index in [0.717, 1.165) is 23.7 Å². The molecule has 0 unspecified atom stereocenters. The van der Waals surface area contributed by atoms with Gasteiger partial charge in [0.1, 0.15) is 12.2 Å². The number of nitrogens with zero attached hydrogens (tertiary/aromatic N) is 3. The number of carbonyl (C=O) groups is 1. The van der Waals surface area contributed by atoms with E-state index in [1.165, 1.54) is 11.9 Å². The Morgan fingerprint density at radius 1 is 1.29 bits per heavy atom. The predicted octanol–water partition coefficient (Wildman–Crippen LogP) is 2.15. The average Bonchev–Trinajstić information content (AvgIpc) is 2.87. The lowest BCUT2D eigenvalue weighted by molar-refractivity contribution is -0.121. The minimum absolute atomic E-state index is 0.0751. The highest BCUT2D eigenvalue weighted by Crippen LogP contribution is 2.11. The summed E-state index contributed by atoms with van der Waals surface area (Å²) in [4.78, 5) is 15.8. The van der Waals surface area contributed by atoms with Gasteiger partial charge in [-0.3, -0.25) is 9.48 Å². The van der Waals surface area contributed by atoms with Gasteiger partial charge in [-0.25, -0.2) is 4.98 Å². The Bertz CT molecular complexity index is 580. The number of hydrogen-bond donors (Lipinski definition) is 1. The minimum Gasteiger partial charge on any atom is -0.356 e. The van der Waals surface area contributed by atoms with Gasteiger partial charge >= 0.3 is 0 Å². The average molecular weight is 307 g/mol. The third-order valence-corrected chi connectivity index (χ3v) is 3.51. The Morgan fingerprint density at radius 2 is 2.05 bits per heavy atom. The van der Waals surface area contributed by atoms with Crippen molar-refractivity contribution in [2.24, 2.45) is 7.05 Å². The van der Waals surface area contributed by atoms with Crippen LogP contribution in [0.25, 0.3) is 0 Å². The molecule has 1 heterocycles. The van der Waals surface area contributed by atoms with Crippen LogP contribution in [-0.4, -0.2) is 27.2 Å². The first-order chi connectivity index (χ1) is 10.1. The van der Waals surface area contributed by atoms with Crippen LogP contribution in [0.4, 0.5) is 0 Å². The molecule has 21 heavy (non-hydrogen) atoms. The Hall–Kier alpha value is -1.88. The van der Waals surface area contributed by atoms with Crippen molar-refractivity contribution in [2.45, 2.75) is 25.7 Å². The van der Waals surface area contributed by atoms with Gasteiger partial charge in [0.05, 0.1) is 0 Å². The number of nitrogens with one attached hydrogen (secondary N) is 1. The molecule has 1 aromatic heterocycles. The second-order valence-electron chi connectivity index (χ2n) is 4.88. The van der Waals surface area contributed by atoms with E-state index in [1.807, 2.05) is 31.3 Å². The monoisotopic (exact) mass is 306 g/mol. The first kappa shape index (κ1) is 15.5. The second-order valence-corrected chi connectivity index (χ2v) is 5.32. The summed E-state index contributed by atoms with van der Waals surface area (Å²) in [6, 6.07) is 7.73. The molecule has 0 aliphatic rings. The summed E-state index contributed by atoms with van der Waals surface area (Å²) < 4.78 is 1.71. The van der Waals surface area contributed by atoms with Gasteiger partial charge in [-0.15, -0.1) is 0 Å². The van der Waals surface area contributed by atoms with E-state index >= 15 is 0 Å². The molecule has 0 saturated carbocycles. The van der Waals surface area contributed by atoms with Crippen LogP contribution in [0.15, 0.2) is 30.6 Å². The molecule has 0 aliphatic heterocycles. The Balaban J connectivity index is 1.61. The lowest BCUT2D eigenvalue weighted by atomic mass is 10.1. The molecule has 0 spiro atoms. The highest BCUT2D eigenvalue weighted by molar-refractivity contribution is 6.30. The smallest absolute Gasteiger partial charge is 0.220 e. The van der Waals surface area contributed by atoms with Crippen molar-refractivity contribution in [3.05, 3.63) is 47.0 Å². The van der Waals surface area contributed by atoms with E-state index in [-0.39, 0.29) is 5.91 Å². The number of halogens is 1. The summed E-state index contributed by atoms with van der Waals surface area (Å²) in [6.07, 6.45) is 4.45. The summed E-state index contributed by atoms with van der Waals surface area (Å²) in [6.45, 7) is 0.590. The largest absolute Gasteiger partial charge is 0.356 e. The van der Waals surface area contributed by atoms with Crippen molar-refractivity contribution in [2.75, 3.05) is 6.54 Å². The van der Waals surface area contributed by atoms with Crippen LogP contribution in [0, 0.1) is 0 Å². The number of aromatic nitrogens is 3. The lowest BCUT2D eigenvalue weighted by Crippen LogP contribution is -2.26. The summed E-state index contributed by atoms with van der Waals surface area (Å²) in [5.74, 6) is 0.947. The molecule has 1 aromatic carbocycles. The molecule has 5 nitrogen and oxygen atoms in total. The molecule has 112 valence electrons. The van der Waals surface area contributed by atoms with E-state index in [2.05, 4.69) is 15.4 Å². The molecule has 2 aromatic rings. The van der Waals surface area contributed by atoms with Gasteiger partial charge in [0.2, 0.25) is 5.91 Å². The third-order valence-electron chi connectivity index (χ3n) is 3.26. The second kappa shape index (κ2) is 7.78. The number of rotatable bonds is 7. The number of benzene rings is 1. The van der Waals surface area contributed by atoms with Crippen molar-refractivity contribution < 1.29 is 4.79 Å². The Morgan fingerprint density at radius 3 is 2.71 bits per heavy atom. The highest BCUT2D eigenvalue weighted by atomic mass is 35.5. The summed E-state index contributed by atoms with van der Waals surface area (Å²) in [5.41, 5.74) is 1.20. The number of carbonyl (C=O) groups excluding carboxylic acids is 1. The van der Waals surface area contributed by atoms with Crippen molar-refractivity contribution in [1.82, 2.24) is 20.1 Å². The van der Waals surface area contributed by atoms with Crippen LogP contribution in [-0.2, 0) is 24.7 Å². The maximum Gasteiger partial charge on any atom is 0.220 e. The number of aryl methyl sites for hydroxylation is 2. The van der Waals surface area contributed by atoms with Gasteiger partial charge in [0.25, 0.3) is 0 Å².